The molecule has 2 rings (SSSR count). The molecular weight excluding hydrogens is 300 g/mol. The molecule has 0 aromatic heterocycles. The molecule has 0 amide bonds. The minimum absolute atomic E-state index is 0.00614. The molecule has 1 N–H and O–H groups in total. The monoisotopic (exact) mass is 320 g/mol. The molecule has 0 radical (unpaired) electrons. The van der Waals surface area contributed by atoms with Crippen molar-refractivity contribution in [1.29, 1.82) is 0 Å². The van der Waals surface area contributed by atoms with Crippen LogP contribution < -0.4 is 0 Å². The number of aliphatic hydroxyl groups is 1. The lowest BCUT2D eigenvalue weighted by atomic mass is 10.0. The van der Waals surface area contributed by atoms with Crippen molar-refractivity contribution in [2.24, 2.45) is 0 Å². The molecule has 1 aromatic carbocycles. The molecule has 1 aliphatic rings. The van der Waals surface area contributed by atoms with E-state index in [0.29, 0.717) is 0 Å². The second kappa shape index (κ2) is 7.89. The Morgan fingerprint density at radius 2 is 2.00 bits per heavy atom. The lowest BCUT2D eigenvalue weighted by molar-refractivity contribution is -0.163. The SMILES string of the molecule is CC(=O)OCC1O[C@H](c2cccc(CO)c2)C=C[C@@H]1OC(C)=O. The van der Waals surface area contributed by atoms with E-state index in [4.69, 9.17) is 14.2 Å². The average Bonchev–Trinajstić information content (AvgIpc) is 2.53. The molecular formula is C17H20O6. The summed E-state index contributed by atoms with van der Waals surface area (Å²) in [6.45, 7) is 2.56. The fraction of sp³-hybridized carbons (Fsp3) is 0.412. The molecule has 124 valence electrons. The number of hydrogen-bond acceptors (Lipinski definition) is 6. The van der Waals surface area contributed by atoms with Gasteiger partial charge in [0.15, 0.2) is 0 Å². The highest BCUT2D eigenvalue weighted by atomic mass is 16.6. The average molecular weight is 320 g/mol. The lowest BCUT2D eigenvalue weighted by Gasteiger charge is -2.31. The molecule has 0 saturated heterocycles. The summed E-state index contributed by atoms with van der Waals surface area (Å²) in [5.41, 5.74) is 1.64. The number of carbonyl (C=O) groups excluding carboxylic acids is 2. The molecule has 6 nitrogen and oxygen atoms in total. The third kappa shape index (κ3) is 4.91. The highest BCUT2D eigenvalue weighted by Gasteiger charge is 2.31. The van der Waals surface area contributed by atoms with Gasteiger partial charge in [-0.2, -0.15) is 0 Å². The molecule has 0 aliphatic carbocycles. The predicted molar refractivity (Wildman–Crippen MR) is 81.3 cm³/mol. The Hall–Kier alpha value is -2.18. The third-order valence-electron chi connectivity index (χ3n) is 3.38. The van der Waals surface area contributed by atoms with E-state index >= 15 is 0 Å². The van der Waals surface area contributed by atoms with E-state index in [9.17, 15) is 14.7 Å². The molecule has 1 unspecified atom stereocenters. The highest BCUT2D eigenvalue weighted by molar-refractivity contribution is 5.66. The van der Waals surface area contributed by atoms with Gasteiger partial charge in [-0.15, -0.1) is 0 Å². The number of aliphatic hydroxyl groups excluding tert-OH is 1. The van der Waals surface area contributed by atoms with E-state index in [2.05, 4.69) is 0 Å². The molecule has 6 heteroatoms. The minimum Gasteiger partial charge on any atom is -0.463 e. The molecule has 1 aliphatic heterocycles. The fourth-order valence-electron chi connectivity index (χ4n) is 2.34. The molecule has 1 heterocycles. The second-order valence-electron chi connectivity index (χ2n) is 5.26. The van der Waals surface area contributed by atoms with Crippen LogP contribution in [0.4, 0.5) is 0 Å². The zero-order valence-electron chi connectivity index (χ0n) is 13.1. The van der Waals surface area contributed by atoms with Crippen LogP contribution >= 0.6 is 0 Å². The standard InChI is InChI=1S/C17H20O6/c1-11(19)21-10-17-16(22-12(2)20)7-6-15(23-17)14-5-3-4-13(8-14)9-18/h3-8,15-18H,9-10H2,1-2H3/t15-,16-,17?/m0/s1. The summed E-state index contributed by atoms with van der Waals surface area (Å²) in [6, 6.07) is 7.36. The normalized spacial score (nSPS) is 23.3. The van der Waals surface area contributed by atoms with Gasteiger partial charge in [0.25, 0.3) is 0 Å². The summed E-state index contributed by atoms with van der Waals surface area (Å²) >= 11 is 0. The first-order valence-electron chi connectivity index (χ1n) is 7.33. The van der Waals surface area contributed by atoms with Crippen molar-refractivity contribution in [3.8, 4) is 0 Å². The van der Waals surface area contributed by atoms with E-state index in [0.717, 1.165) is 11.1 Å². The smallest absolute Gasteiger partial charge is 0.303 e. The third-order valence-corrected chi connectivity index (χ3v) is 3.38. The summed E-state index contributed by atoms with van der Waals surface area (Å²) < 4.78 is 16.1. The van der Waals surface area contributed by atoms with Gasteiger partial charge >= 0.3 is 11.9 Å². The Balaban J connectivity index is 2.16. The predicted octanol–water partition coefficient (Wildman–Crippen LogP) is 1.67. The number of benzene rings is 1. The van der Waals surface area contributed by atoms with Crippen LogP contribution in [0.2, 0.25) is 0 Å². The Labute approximate surface area is 134 Å². The van der Waals surface area contributed by atoms with Crippen LogP contribution in [0.5, 0.6) is 0 Å². The van der Waals surface area contributed by atoms with Crippen LogP contribution in [0, 0.1) is 0 Å². The maximum absolute atomic E-state index is 11.2. The first kappa shape index (κ1) is 17.2. The van der Waals surface area contributed by atoms with E-state index in [1.54, 1.807) is 12.2 Å². The summed E-state index contributed by atoms with van der Waals surface area (Å²) in [4.78, 5) is 22.2. The van der Waals surface area contributed by atoms with Crippen LogP contribution in [0.3, 0.4) is 0 Å². The van der Waals surface area contributed by atoms with Crippen molar-refractivity contribution in [3.05, 3.63) is 47.5 Å². The summed E-state index contributed by atoms with van der Waals surface area (Å²) in [7, 11) is 0. The number of ether oxygens (including phenoxy) is 3. The Morgan fingerprint density at radius 1 is 1.22 bits per heavy atom. The maximum Gasteiger partial charge on any atom is 0.303 e. The van der Waals surface area contributed by atoms with Crippen molar-refractivity contribution in [1.82, 2.24) is 0 Å². The van der Waals surface area contributed by atoms with Crippen molar-refractivity contribution in [3.63, 3.8) is 0 Å². The van der Waals surface area contributed by atoms with Gasteiger partial charge in [-0.1, -0.05) is 30.3 Å². The van der Waals surface area contributed by atoms with Crippen molar-refractivity contribution in [2.75, 3.05) is 6.61 Å². The quantitative estimate of drug-likeness (QED) is 0.656. The molecule has 0 bridgehead atoms. The van der Waals surface area contributed by atoms with Gasteiger partial charge < -0.3 is 19.3 Å². The van der Waals surface area contributed by atoms with E-state index in [1.807, 2.05) is 24.3 Å². The maximum atomic E-state index is 11.2. The number of rotatable bonds is 5. The van der Waals surface area contributed by atoms with Crippen LogP contribution in [0.15, 0.2) is 36.4 Å². The molecule has 3 atom stereocenters. The van der Waals surface area contributed by atoms with E-state index in [1.165, 1.54) is 13.8 Å². The second-order valence-corrected chi connectivity index (χ2v) is 5.26. The first-order chi connectivity index (χ1) is 11.0. The number of esters is 2. The number of carbonyl (C=O) groups is 2. The molecule has 1 aromatic rings. The number of hydrogen-bond donors (Lipinski definition) is 1. The van der Waals surface area contributed by atoms with Crippen LogP contribution in [0.1, 0.15) is 31.1 Å². The van der Waals surface area contributed by atoms with Gasteiger partial charge in [-0.3, -0.25) is 9.59 Å². The molecule has 0 fully saturated rings. The largest absolute Gasteiger partial charge is 0.463 e. The van der Waals surface area contributed by atoms with Crippen LogP contribution in [0.25, 0.3) is 0 Å². The highest BCUT2D eigenvalue weighted by Crippen LogP contribution is 2.28. The van der Waals surface area contributed by atoms with Gasteiger partial charge in [0, 0.05) is 13.8 Å². The summed E-state index contributed by atoms with van der Waals surface area (Å²) in [5.74, 6) is -0.861. The minimum atomic E-state index is -0.607. The van der Waals surface area contributed by atoms with Gasteiger partial charge in [0.05, 0.1) is 6.61 Å². The zero-order chi connectivity index (χ0) is 16.8. The van der Waals surface area contributed by atoms with Gasteiger partial charge in [0.2, 0.25) is 0 Å². The van der Waals surface area contributed by atoms with Gasteiger partial charge in [-0.05, 0) is 17.2 Å². The van der Waals surface area contributed by atoms with Gasteiger partial charge in [-0.25, -0.2) is 0 Å². The molecule has 0 spiro atoms. The lowest BCUT2D eigenvalue weighted by Crippen LogP contribution is -2.39. The zero-order valence-corrected chi connectivity index (χ0v) is 13.1. The Kier molecular flexibility index (Phi) is 5.90. The fourth-order valence-corrected chi connectivity index (χ4v) is 2.34. The van der Waals surface area contributed by atoms with Crippen molar-refractivity contribution >= 4 is 11.9 Å². The van der Waals surface area contributed by atoms with E-state index in [-0.39, 0.29) is 19.3 Å². The molecule has 23 heavy (non-hydrogen) atoms. The van der Waals surface area contributed by atoms with Gasteiger partial charge in [0.1, 0.15) is 24.9 Å². The Bertz CT molecular complexity index is 595. The van der Waals surface area contributed by atoms with Crippen LogP contribution in [-0.2, 0) is 30.4 Å². The summed E-state index contributed by atoms with van der Waals surface area (Å²) in [5, 5.41) is 9.23. The topological polar surface area (TPSA) is 82.1 Å². The summed E-state index contributed by atoms with van der Waals surface area (Å²) in [6.07, 6.45) is 1.96. The Morgan fingerprint density at radius 3 is 2.65 bits per heavy atom. The first-order valence-corrected chi connectivity index (χ1v) is 7.33. The van der Waals surface area contributed by atoms with Crippen molar-refractivity contribution < 1.29 is 28.9 Å². The van der Waals surface area contributed by atoms with E-state index < -0.39 is 24.1 Å². The van der Waals surface area contributed by atoms with Crippen molar-refractivity contribution in [2.45, 2.75) is 38.8 Å². The molecule has 0 saturated carbocycles. The van der Waals surface area contributed by atoms with Crippen LogP contribution in [-0.4, -0.2) is 35.9 Å².